The Labute approximate surface area is 104 Å². The topological polar surface area (TPSA) is 50.4 Å². The lowest BCUT2D eigenvalue weighted by molar-refractivity contribution is 0.0499. The number of hydrogen-bond donors (Lipinski definition) is 3. The highest BCUT2D eigenvalue weighted by atomic mass is 32.1. The number of hydrogen-bond acceptors (Lipinski definition) is 4. The van der Waals surface area contributed by atoms with Crippen LogP contribution in [0, 0.1) is 0 Å². The maximum atomic E-state index is 11.5. The van der Waals surface area contributed by atoms with Crippen molar-refractivity contribution in [1.29, 1.82) is 0 Å². The van der Waals surface area contributed by atoms with Crippen LogP contribution in [0.5, 0.6) is 0 Å². The van der Waals surface area contributed by atoms with E-state index < -0.39 is 5.60 Å². The van der Waals surface area contributed by atoms with E-state index in [4.69, 9.17) is 4.74 Å². The van der Waals surface area contributed by atoms with Crippen LogP contribution < -0.4 is 10.0 Å². The fourth-order valence-corrected chi connectivity index (χ4v) is 1.48. The van der Waals surface area contributed by atoms with Gasteiger partial charge in [0.25, 0.3) is 0 Å². The molecule has 0 saturated carbocycles. The fourth-order valence-electron chi connectivity index (χ4n) is 1.35. The molecule has 0 rings (SSSR count). The van der Waals surface area contributed by atoms with E-state index in [0.29, 0.717) is 0 Å². The molecule has 0 aliphatic carbocycles. The molecule has 0 spiro atoms. The molecule has 16 heavy (non-hydrogen) atoms. The van der Waals surface area contributed by atoms with Crippen LogP contribution in [0.4, 0.5) is 4.79 Å². The molecule has 1 amide bonds. The lowest BCUT2D eigenvalue weighted by atomic mass is 10.1. The summed E-state index contributed by atoms with van der Waals surface area (Å²) in [6, 6.07) is 0.152. The van der Waals surface area contributed by atoms with Crippen LogP contribution >= 0.6 is 12.8 Å². The standard InChI is InChI=1S/C11H24N2O2S/c1-5-6-9(7-8-12-16)13-10(14)15-11(2,3)4/h9,12,16H,5-8H2,1-4H3,(H,13,14). The summed E-state index contributed by atoms with van der Waals surface area (Å²) in [5, 5.41) is 2.87. The highest BCUT2D eigenvalue weighted by molar-refractivity contribution is 7.78. The van der Waals surface area contributed by atoms with Crippen molar-refractivity contribution in [2.75, 3.05) is 6.54 Å². The second-order valence-electron chi connectivity index (χ2n) is 4.83. The second-order valence-corrected chi connectivity index (χ2v) is 5.14. The van der Waals surface area contributed by atoms with Crippen LogP contribution in [0.15, 0.2) is 0 Å². The van der Waals surface area contributed by atoms with Gasteiger partial charge in [-0.2, -0.15) is 0 Å². The summed E-state index contributed by atoms with van der Waals surface area (Å²) >= 11 is 3.93. The zero-order chi connectivity index (χ0) is 12.6. The first-order chi connectivity index (χ1) is 7.39. The van der Waals surface area contributed by atoms with Gasteiger partial charge in [-0.25, -0.2) is 4.79 Å². The molecule has 96 valence electrons. The van der Waals surface area contributed by atoms with Crippen molar-refractivity contribution >= 4 is 18.9 Å². The normalized spacial score (nSPS) is 13.3. The number of amides is 1. The molecule has 0 saturated heterocycles. The molecule has 0 heterocycles. The van der Waals surface area contributed by atoms with Crippen LogP contribution in [-0.4, -0.2) is 24.3 Å². The maximum Gasteiger partial charge on any atom is 0.407 e. The van der Waals surface area contributed by atoms with E-state index in [-0.39, 0.29) is 12.1 Å². The molecule has 2 N–H and O–H groups in total. The van der Waals surface area contributed by atoms with Gasteiger partial charge in [-0.05, 0) is 33.6 Å². The van der Waals surface area contributed by atoms with Crippen molar-refractivity contribution in [1.82, 2.24) is 10.0 Å². The van der Waals surface area contributed by atoms with Crippen LogP contribution in [0.1, 0.15) is 47.0 Å². The van der Waals surface area contributed by atoms with E-state index >= 15 is 0 Å². The largest absolute Gasteiger partial charge is 0.444 e. The molecule has 1 unspecified atom stereocenters. The third-order valence-corrected chi connectivity index (χ3v) is 2.19. The quantitative estimate of drug-likeness (QED) is 0.633. The van der Waals surface area contributed by atoms with Crippen molar-refractivity contribution in [2.24, 2.45) is 0 Å². The Morgan fingerprint density at radius 1 is 1.38 bits per heavy atom. The van der Waals surface area contributed by atoms with Crippen LogP contribution in [0.3, 0.4) is 0 Å². The minimum absolute atomic E-state index is 0.152. The number of nitrogens with one attached hydrogen (secondary N) is 2. The summed E-state index contributed by atoms with van der Waals surface area (Å²) in [5.41, 5.74) is -0.442. The Balaban J connectivity index is 4.02. The first-order valence-electron chi connectivity index (χ1n) is 5.75. The average Bonchev–Trinajstić information content (AvgIpc) is 2.11. The van der Waals surface area contributed by atoms with E-state index in [2.05, 4.69) is 29.8 Å². The monoisotopic (exact) mass is 248 g/mol. The second kappa shape index (κ2) is 7.79. The summed E-state index contributed by atoms with van der Waals surface area (Å²) in [6.07, 6.45) is 2.50. The third-order valence-electron chi connectivity index (χ3n) is 1.96. The predicted octanol–water partition coefficient (Wildman–Crippen LogP) is 2.50. The molecule has 0 aromatic rings. The van der Waals surface area contributed by atoms with E-state index in [1.54, 1.807) is 0 Å². The molecule has 0 aliphatic rings. The van der Waals surface area contributed by atoms with Gasteiger partial charge in [-0.3, -0.25) is 4.72 Å². The van der Waals surface area contributed by atoms with Gasteiger partial charge in [-0.15, -0.1) is 0 Å². The molecule has 0 fully saturated rings. The molecular weight excluding hydrogens is 224 g/mol. The highest BCUT2D eigenvalue weighted by Gasteiger charge is 2.18. The molecule has 0 aromatic heterocycles. The Hall–Kier alpha value is -0.420. The minimum Gasteiger partial charge on any atom is -0.444 e. The van der Waals surface area contributed by atoms with Gasteiger partial charge in [0.05, 0.1) is 0 Å². The van der Waals surface area contributed by atoms with Crippen LogP contribution in [0.25, 0.3) is 0 Å². The average molecular weight is 248 g/mol. The summed E-state index contributed by atoms with van der Waals surface area (Å²) in [5.74, 6) is 0. The van der Waals surface area contributed by atoms with Gasteiger partial charge >= 0.3 is 6.09 Å². The van der Waals surface area contributed by atoms with E-state index in [0.717, 1.165) is 25.8 Å². The molecule has 0 aliphatic heterocycles. The predicted molar refractivity (Wildman–Crippen MR) is 69.7 cm³/mol. The molecule has 0 bridgehead atoms. The molecule has 0 aromatic carbocycles. The number of ether oxygens (including phenoxy) is 1. The lowest BCUT2D eigenvalue weighted by Crippen LogP contribution is -2.40. The minimum atomic E-state index is -0.442. The lowest BCUT2D eigenvalue weighted by Gasteiger charge is -2.23. The van der Waals surface area contributed by atoms with Crippen LogP contribution in [-0.2, 0) is 4.74 Å². The summed E-state index contributed by atoms with van der Waals surface area (Å²) in [7, 11) is 0. The number of carbonyl (C=O) groups is 1. The summed E-state index contributed by atoms with van der Waals surface area (Å²) in [6.45, 7) is 8.44. The van der Waals surface area contributed by atoms with E-state index in [9.17, 15) is 4.79 Å². The Kier molecular flexibility index (Phi) is 7.58. The molecule has 1 atom stereocenters. The summed E-state index contributed by atoms with van der Waals surface area (Å²) < 4.78 is 7.99. The van der Waals surface area contributed by atoms with E-state index in [1.807, 2.05) is 20.8 Å². The van der Waals surface area contributed by atoms with Crippen molar-refractivity contribution in [2.45, 2.75) is 58.6 Å². The van der Waals surface area contributed by atoms with Crippen molar-refractivity contribution in [3.8, 4) is 0 Å². The van der Waals surface area contributed by atoms with Gasteiger partial charge in [0, 0.05) is 12.6 Å². The molecule has 5 heteroatoms. The fraction of sp³-hybridized carbons (Fsp3) is 0.909. The molecule has 4 nitrogen and oxygen atoms in total. The van der Waals surface area contributed by atoms with Crippen molar-refractivity contribution < 1.29 is 9.53 Å². The van der Waals surface area contributed by atoms with Gasteiger partial charge in [0.1, 0.15) is 5.60 Å². The van der Waals surface area contributed by atoms with Gasteiger partial charge in [-0.1, -0.05) is 26.2 Å². The highest BCUT2D eigenvalue weighted by Crippen LogP contribution is 2.08. The zero-order valence-corrected chi connectivity index (χ0v) is 11.6. The Morgan fingerprint density at radius 3 is 2.44 bits per heavy atom. The first-order valence-corrected chi connectivity index (χ1v) is 6.20. The number of carbonyl (C=O) groups excluding carboxylic acids is 1. The third kappa shape index (κ3) is 8.85. The smallest absolute Gasteiger partial charge is 0.407 e. The Morgan fingerprint density at radius 2 is 2.00 bits per heavy atom. The number of thiol groups is 1. The number of rotatable bonds is 6. The maximum absolute atomic E-state index is 11.5. The first kappa shape index (κ1) is 15.6. The molecular formula is C11H24N2O2S. The van der Waals surface area contributed by atoms with Crippen LogP contribution in [0.2, 0.25) is 0 Å². The zero-order valence-electron chi connectivity index (χ0n) is 10.7. The SMILES string of the molecule is CCCC(CCNS)NC(=O)OC(C)(C)C. The van der Waals surface area contributed by atoms with Gasteiger partial charge < -0.3 is 10.1 Å². The molecule has 0 radical (unpaired) electrons. The van der Waals surface area contributed by atoms with Gasteiger partial charge in [0.15, 0.2) is 0 Å². The Bertz CT molecular complexity index is 205. The van der Waals surface area contributed by atoms with Gasteiger partial charge in [0.2, 0.25) is 0 Å². The van der Waals surface area contributed by atoms with Crippen molar-refractivity contribution in [3.05, 3.63) is 0 Å². The number of alkyl carbamates (subject to hydrolysis) is 1. The van der Waals surface area contributed by atoms with E-state index in [1.165, 1.54) is 0 Å². The summed E-state index contributed by atoms with van der Waals surface area (Å²) in [4.78, 5) is 11.5. The van der Waals surface area contributed by atoms with Crippen molar-refractivity contribution in [3.63, 3.8) is 0 Å².